The second-order valence-electron chi connectivity index (χ2n) is 4.30. The highest BCUT2D eigenvalue weighted by molar-refractivity contribution is 5.91. The van der Waals surface area contributed by atoms with Gasteiger partial charge < -0.3 is 14.9 Å². The Balaban J connectivity index is 2.56. The van der Waals surface area contributed by atoms with Crippen LogP contribution in [0.3, 0.4) is 0 Å². The fourth-order valence-corrected chi connectivity index (χ4v) is 1.95. The highest BCUT2D eigenvalue weighted by atomic mass is 16.4. The van der Waals surface area contributed by atoms with E-state index in [1.165, 1.54) is 6.20 Å². The van der Waals surface area contributed by atoms with Gasteiger partial charge in [0.15, 0.2) is 5.43 Å². The van der Waals surface area contributed by atoms with Gasteiger partial charge in [-0.2, -0.15) is 0 Å². The number of aromatic carboxylic acids is 1. The molecule has 1 aromatic carbocycles. The highest BCUT2D eigenvalue weighted by Crippen LogP contribution is 2.13. The summed E-state index contributed by atoms with van der Waals surface area (Å²) < 4.78 is 0. The molecule has 2 rings (SSSR count). The lowest BCUT2D eigenvalue weighted by atomic mass is 10.0. The van der Waals surface area contributed by atoms with E-state index in [1.807, 2.05) is 6.07 Å². The molecule has 0 saturated heterocycles. The number of fused-ring (bicyclic) bond motifs is 1. The van der Waals surface area contributed by atoms with Crippen LogP contribution in [0.15, 0.2) is 29.2 Å². The maximum Gasteiger partial charge on any atom is 0.198 e. The van der Waals surface area contributed by atoms with E-state index in [0.29, 0.717) is 10.9 Å². The van der Waals surface area contributed by atoms with Crippen LogP contribution in [0.1, 0.15) is 35.7 Å². The normalized spacial score (nSPS) is 10.7. The minimum absolute atomic E-state index is 0.324. The maximum atomic E-state index is 12.0. The molecule has 0 aliphatic rings. The van der Waals surface area contributed by atoms with Gasteiger partial charge in [0.05, 0.1) is 11.5 Å². The number of hydrogen-bond donors (Lipinski definition) is 1. The fourth-order valence-electron chi connectivity index (χ4n) is 1.95. The molecule has 0 amide bonds. The van der Waals surface area contributed by atoms with Crippen molar-refractivity contribution < 1.29 is 9.90 Å². The Hall–Kier alpha value is -2.10. The zero-order valence-corrected chi connectivity index (χ0v) is 10.2. The van der Waals surface area contributed by atoms with Gasteiger partial charge in [0.25, 0.3) is 0 Å². The smallest absolute Gasteiger partial charge is 0.198 e. The molecule has 1 N–H and O–H groups in total. The van der Waals surface area contributed by atoms with Crippen LogP contribution >= 0.6 is 0 Å². The van der Waals surface area contributed by atoms with Gasteiger partial charge in [0.2, 0.25) is 0 Å². The topological polar surface area (TPSA) is 73.0 Å². The highest BCUT2D eigenvalue weighted by Gasteiger charge is 2.06. The van der Waals surface area contributed by atoms with Crippen molar-refractivity contribution in [1.29, 1.82) is 0 Å². The summed E-state index contributed by atoms with van der Waals surface area (Å²) in [6.07, 6.45) is 4.20. The number of aromatic amines is 1. The Bertz CT molecular complexity index is 643. The molecule has 0 radical (unpaired) electrons. The van der Waals surface area contributed by atoms with Gasteiger partial charge in [0, 0.05) is 17.1 Å². The molecule has 0 bridgehead atoms. The fraction of sp³-hybridized carbons (Fsp3) is 0.286. The standard InChI is InChI=1S/C14H15NO3/c1-2-3-4-9-5-6-12-10(7-9)13(16)11(8-15-12)14(17)18/h5-8H,2-4H2,1H3,(H,15,16)(H,17,18)/p-1. The van der Waals surface area contributed by atoms with Crippen LogP contribution in [-0.2, 0) is 6.42 Å². The lowest BCUT2D eigenvalue weighted by Crippen LogP contribution is -2.29. The van der Waals surface area contributed by atoms with Gasteiger partial charge in [0.1, 0.15) is 0 Å². The number of aromatic nitrogens is 1. The van der Waals surface area contributed by atoms with Crippen LogP contribution < -0.4 is 10.5 Å². The van der Waals surface area contributed by atoms with Crippen molar-refractivity contribution in [3.8, 4) is 0 Å². The number of unbranched alkanes of at least 4 members (excludes halogenated alkanes) is 1. The number of hydrogen-bond acceptors (Lipinski definition) is 3. The third-order valence-corrected chi connectivity index (χ3v) is 2.98. The number of rotatable bonds is 4. The Morgan fingerprint density at radius 3 is 2.83 bits per heavy atom. The Labute approximate surface area is 104 Å². The van der Waals surface area contributed by atoms with Crippen LogP contribution in [-0.4, -0.2) is 11.0 Å². The zero-order chi connectivity index (χ0) is 13.1. The summed E-state index contributed by atoms with van der Waals surface area (Å²) in [7, 11) is 0. The van der Waals surface area contributed by atoms with Gasteiger partial charge in [-0.05, 0) is 30.5 Å². The Kier molecular flexibility index (Phi) is 3.46. The van der Waals surface area contributed by atoms with Crippen LogP contribution in [0.25, 0.3) is 10.9 Å². The second kappa shape index (κ2) is 5.04. The molecule has 0 aliphatic carbocycles. The third kappa shape index (κ3) is 2.27. The number of benzene rings is 1. The maximum absolute atomic E-state index is 12.0. The number of carboxylic acid groups (broad SMARTS) is 1. The molecule has 0 atom stereocenters. The van der Waals surface area contributed by atoms with Crippen molar-refractivity contribution in [1.82, 2.24) is 4.98 Å². The molecule has 94 valence electrons. The molecule has 0 spiro atoms. The number of nitrogens with one attached hydrogen (secondary N) is 1. The van der Waals surface area contributed by atoms with E-state index in [4.69, 9.17) is 0 Å². The summed E-state index contributed by atoms with van der Waals surface area (Å²) in [4.78, 5) is 25.6. The van der Waals surface area contributed by atoms with E-state index in [2.05, 4.69) is 11.9 Å². The van der Waals surface area contributed by atoms with Crippen molar-refractivity contribution in [3.05, 3.63) is 45.7 Å². The van der Waals surface area contributed by atoms with Gasteiger partial charge in [-0.25, -0.2) is 0 Å². The quantitative estimate of drug-likeness (QED) is 0.879. The molecular weight excluding hydrogens is 230 g/mol. The van der Waals surface area contributed by atoms with Gasteiger partial charge in [-0.3, -0.25) is 4.79 Å². The summed E-state index contributed by atoms with van der Waals surface area (Å²) in [6, 6.07) is 5.52. The van der Waals surface area contributed by atoms with Crippen molar-refractivity contribution in [3.63, 3.8) is 0 Å². The molecule has 4 nitrogen and oxygen atoms in total. The monoisotopic (exact) mass is 244 g/mol. The Morgan fingerprint density at radius 2 is 2.17 bits per heavy atom. The summed E-state index contributed by atoms with van der Waals surface area (Å²) in [5, 5.41) is 11.2. The van der Waals surface area contributed by atoms with Crippen molar-refractivity contribution in [2.45, 2.75) is 26.2 Å². The number of carboxylic acids is 1. The van der Waals surface area contributed by atoms with Crippen molar-refractivity contribution in [2.75, 3.05) is 0 Å². The average molecular weight is 244 g/mol. The van der Waals surface area contributed by atoms with E-state index in [0.717, 1.165) is 24.8 Å². The summed E-state index contributed by atoms with van der Waals surface area (Å²) in [6.45, 7) is 2.10. The first kappa shape index (κ1) is 12.4. The van der Waals surface area contributed by atoms with Gasteiger partial charge in [-0.1, -0.05) is 19.4 Å². The van der Waals surface area contributed by atoms with E-state index < -0.39 is 11.4 Å². The largest absolute Gasteiger partial charge is 0.545 e. The molecular formula is C14H14NO3-. The average Bonchev–Trinajstić information content (AvgIpc) is 2.36. The molecule has 18 heavy (non-hydrogen) atoms. The van der Waals surface area contributed by atoms with E-state index in [-0.39, 0.29) is 5.56 Å². The number of H-pyrrole nitrogens is 1. The minimum atomic E-state index is -1.45. The van der Waals surface area contributed by atoms with E-state index in [9.17, 15) is 14.7 Å². The van der Waals surface area contributed by atoms with E-state index >= 15 is 0 Å². The lowest BCUT2D eigenvalue weighted by molar-refractivity contribution is -0.255. The first-order chi connectivity index (χ1) is 8.63. The minimum Gasteiger partial charge on any atom is -0.545 e. The number of carbonyl (C=O) groups excluding carboxylic acids is 1. The first-order valence-corrected chi connectivity index (χ1v) is 5.99. The molecule has 1 aromatic heterocycles. The van der Waals surface area contributed by atoms with Crippen molar-refractivity contribution in [2.24, 2.45) is 0 Å². The third-order valence-electron chi connectivity index (χ3n) is 2.98. The molecule has 0 fully saturated rings. The molecule has 0 saturated carbocycles. The zero-order valence-electron chi connectivity index (χ0n) is 10.2. The first-order valence-electron chi connectivity index (χ1n) is 5.99. The molecule has 0 unspecified atom stereocenters. The van der Waals surface area contributed by atoms with Crippen LogP contribution in [0.4, 0.5) is 0 Å². The van der Waals surface area contributed by atoms with Crippen molar-refractivity contribution >= 4 is 16.9 Å². The lowest BCUT2D eigenvalue weighted by Gasteiger charge is -2.06. The summed E-state index contributed by atoms with van der Waals surface area (Å²) in [5.41, 5.74) is 0.882. The SMILES string of the molecule is CCCCc1ccc2[nH]cc(C(=O)[O-])c(=O)c2c1. The molecule has 0 aliphatic heterocycles. The molecule has 1 heterocycles. The van der Waals surface area contributed by atoms with Crippen LogP contribution in [0.2, 0.25) is 0 Å². The van der Waals surface area contributed by atoms with Gasteiger partial charge >= 0.3 is 0 Å². The number of pyridine rings is 1. The van der Waals surface area contributed by atoms with Gasteiger partial charge in [-0.15, -0.1) is 0 Å². The number of carbonyl (C=O) groups is 1. The number of aryl methyl sites for hydroxylation is 1. The molecule has 4 heteroatoms. The molecule has 2 aromatic rings. The summed E-state index contributed by atoms with van der Waals surface area (Å²) >= 11 is 0. The second-order valence-corrected chi connectivity index (χ2v) is 4.30. The van der Waals surface area contributed by atoms with Crippen LogP contribution in [0, 0.1) is 0 Å². The van der Waals surface area contributed by atoms with Crippen LogP contribution in [0.5, 0.6) is 0 Å². The Morgan fingerprint density at radius 1 is 1.39 bits per heavy atom. The van der Waals surface area contributed by atoms with E-state index in [1.54, 1.807) is 12.1 Å². The summed E-state index contributed by atoms with van der Waals surface area (Å²) in [5.74, 6) is -1.45. The predicted molar refractivity (Wildman–Crippen MR) is 67.5 cm³/mol. The predicted octanol–water partition coefficient (Wildman–Crippen LogP) is 1.23.